The van der Waals surface area contributed by atoms with Gasteiger partial charge in [0.1, 0.15) is 5.82 Å². The maximum atomic E-state index is 12.9. The predicted octanol–water partition coefficient (Wildman–Crippen LogP) is 1.90. The number of rotatable bonds is 5. The van der Waals surface area contributed by atoms with Gasteiger partial charge in [0, 0.05) is 44.3 Å². The quantitative estimate of drug-likeness (QED) is 0.899. The van der Waals surface area contributed by atoms with Crippen molar-refractivity contribution in [2.75, 3.05) is 39.8 Å². The minimum absolute atomic E-state index is 0.107. The van der Waals surface area contributed by atoms with Crippen LogP contribution in [-0.2, 0) is 0 Å². The smallest absolute Gasteiger partial charge is 0.141 e. The van der Waals surface area contributed by atoms with E-state index in [0.29, 0.717) is 0 Å². The highest BCUT2D eigenvalue weighted by molar-refractivity contribution is 5.09. The van der Waals surface area contributed by atoms with E-state index in [4.69, 9.17) is 0 Å². The van der Waals surface area contributed by atoms with Crippen molar-refractivity contribution in [1.82, 2.24) is 20.1 Å². The Kier molecular flexibility index (Phi) is 5.30. The first-order chi connectivity index (χ1) is 9.88. The van der Waals surface area contributed by atoms with Crippen molar-refractivity contribution in [3.63, 3.8) is 0 Å². The lowest BCUT2D eigenvalue weighted by Gasteiger charge is -2.43. The van der Waals surface area contributed by atoms with Crippen molar-refractivity contribution in [3.05, 3.63) is 29.8 Å². The van der Waals surface area contributed by atoms with Gasteiger partial charge in [-0.2, -0.15) is 0 Å². The average molecular weight is 294 g/mol. The highest BCUT2D eigenvalue weighted by atomic mass is 19.1. The molecule has 0 radical (unpaired) electrons. The van der Waals surface area contributed by atoms with E-state index < -0.39 is 0 Å². The van der Waals surface area contributed by atoms with E-state index in [0.717, 1.165) is 38.4 Å². The van der Waals surface area contributed by atoms with Crippen LogP contribution >= 0.6 is 0 Å². The van der Waals surface area contributed by atoms with Crippen LogP contribution in [0, 0.1) is 5.82 Å². The molecule has 1 aliphatic heterocycles. The highest BCUT2D eigenvalue weighted by Crippen LogP contribution is 2.18. The molecule has 5 heteroatoms. The Morgan fingerprint density at radius 2 is 1.95 bits per heavy atom. The van der Waals surface area contributed by atoms with E-state index in [1.165, 1.54) is 12.3 Å². The Labute approximate surface area is 127 Å². The van der Waals surface area contributed by atoms with Crippen molar-refractivity contribution in [2.45, 2.75) is 32.4 Å². The molecule has 0 aromatic carbocycles. The summed E-state index contributed by atoms with van der Waals surface area (Å²) in [4.78, 5) is 9.04. The van der Waals surface area contributed by atoms with E-state index >= 15 is 0 Å². The third kappa shape index (κ3) is 4.46. The van der Waals surface area contributed by atoms with Gasteiger partial charge in [-0.15, -0.1) is 0 Å². The van der Waals surface area contributed by atoms with Gasteiger partial charge in [0.15, 0.2) is 0 Å². The summed E-state index contributed by atoms with van der Waals surface area (Å²) in [5.41, 5.74) is 0.987. The van der Waals surface area contributed by atoms with Crippen molar-refractivity contribution in [3.8, 4) is 0 Å². The summed E-state index contributed by atoms with van der Waals surface area (Å²) < 4.78 is 12.9. The van der Waals surface area contributed by atoms with Gasteiger partial charge in [0.05, 0.1) is 11.9 Å². The lowest BCUT2D eigenvalue weighted by molar-refractivity contribution is 0.0604. The van der Waals surface area contributed by atoms with Crippen LogP contribution in [0.2, 0.25) is 0 Å². The molecule has 1 fully saturated rings. The van der Waals surface area contributed by atoms with Crippen LogP contribution in [0.5, 0.6) is 0 Å². The number of piperazine rings is 1. The van der Waals surface area contributed by atoms with E-state index in [1.54, 1.807) is 6.07 Å². The number of nitrogens with zero attached hydrogens (tertiary/aromatic N) is 3. The molecule has 1 atom stereocenters. The second-order valence-corrected chi connectivity index (χ2v) is 6.61. The summed E-state index contributed by atoms with van der Waals surface area (Å²) in [6.45, 7) is 12.0. The first kappa shape index (κ1) is 16.3. The molecule has 0 amide bonds. The molecule has 1 N–H and O–H groups in total. The topological polar surface area (TPSA) is 31.4 Å². The minimum atomic E-state index is -0.288. The number of aromatic nitrogens is 1. The number of pyridine rings is 1. The third-order valence-corrected chi connectivity index (χ3v) is 4.39. The van der Waals surface area contributed by atoms with Gasteiger partial charge in [0.25, 0.3) is 0 Å². The second kappa shape index (κ2) is 6.81. The highest BCUT2D eigenvalue weighted by Gasteiger charge is 2.29. The van der Waals surface area contributed by atoms with Crippen molar-refractivity contribution in [1.29, 1.82) is 0 Å². The molecule has 1 aliphatic rings. The van der Waals surface area contributed by atoms with Gasteiger partial charge in [-0.25, -0.2) is 4.39 Å². The molecular weight excluding hydrogens is 267 g/mol. The molecule has 1 unspecified atom stereocenters. The van der Waals surface area contributed by atoms with Crippen LogP contribution in [0.1, 0.15) is 32.5 Å². The molecule has 2 rings (SSSR count). The van der Waals surface area contributed by atoms with Gasteiger partial charge in [-0.05, 0) is 40.0 Å². The lowest BCUT2D eigenvalue weighted by atomic mass is 10.0. The second-order valence-electron chi connectivity index (χ2n) is 6.61. The zero-order valence-electron chi connectivity index (χ0n) is 13.6. The number of hydrogen-bond donors (Lipinski definition) is 1. The summed E-state index contributed by atoms with van der Waals surface area (Å²) in [7, 11) is 2.17. The van der Waals surface area contributed by atoms with E-state index in [9.17, 15) is 4.39 Å². The molecule has 1 aromatic rings. The molecule has 0 aliphatic carbocycles. The Morgan fingerprint density at radius 1 is 1.29 bits per heavy atom. The average Bonchev–Trinajstić information content (AvgIpc) is 2.46. The summed E-state index contributed by atoms with van der Waals surface area (Å²) in [5, 5.41) is 3.53. The fraction of sp³-hybridized carbons (Fsp3) is 0.688. The number of nitrogens with one attached hydrogen (secondary N) is 1. The third-order valence-electron chi connectivity index (χ3n) is 4.39. The SMILES string of the molecule is CC(NCC(C)(C)N1CCN(C)CC1)c1ccc(F)cn1. The Hall–Kier alpha value is -1.04. The van der Waals surface area contributed by atoms with E-state index in [2.05, 4.69) is 47.9 Å². The van der Waals surface area contributed by atoms with Crippen LogP contribution in [0.3, 0.4) is 0 Å². The molecule has 0 spiro atoms. The maximum Gasteiger partial charge on any atom is 0.141 e. The largest absolute Gasteiger partial charge is 0.307 e. The van der Waals surface area contributed by atoms with Crippen molar-refractivity contribution in [2.24, 2.45) is 0 Å². The molecule has 4 nitrogen and oxygen atoms in total. The zero-order chi connectivity index (χ0) is 15.5. The van der Waals surface area contributed by atoms with E-state index in [1.807, 2.05) is 0 Å². The molecular formula is C16H27FN4. The normalized spacial score (nSPS) is 19.7. The number of likely N-dealkylation sites (N-methyl/N-ethyl adjacent to an activating group) is 1. The van der Waals surface area contributed by atoms with Gasteiger partial charge >= 0.3 is 0 Å². The maximum absolute atomic E-state index is 12.9. The van der Waals surface area contributed by atoms with Gasteiger partial charge < -0.3 is 10.2 Å². The number of hydrogen-bond acceptors (Lipinski definition) is 4. The zero-order valence-corrected chi connectivity index (χ0v) is 13.6. The van der Waals surface area contributed by atoms with Crippen LogP contribution < -0.4 is 5.32 Å². The van der Waals surface area contributed by atoms with Crippen molar-refractivity contribution >= 4 is 0 Å². The molecule has 1 aromatic heterocycles. The first-order valence-electron chi connectivity index (χ1n) is 7.67. The molecule has 0 saturated carbocycles. The Balaban J connectivity index is 1.87. The van der Waals surface area contributed by atoms with Crippen LogP contribution in [-0.4, -0.2) is 60.1 Å². The van der Waals surface area contributed by atoms with Crippen LogP contribution in [0.15, 0.2) is 18.3 Å². The standard InChI is InChI=1S/C16H27FN4/c1-13(15-6-5-14(17)11-18-15)19-12-16(2,3)21-9-7-20(4)8-10-21/h5-6,11,13,19H,7-10,12H2,1-4H3. The first-order valence-corrected chi connectivity index (χ1v) is 7.67. The van der Waals surface area contributed by atoms with Gasteiger partial charge in [-0.3, -0.25) is 9.88 Å². The van der Waals surface area contributed by atoms with Crippen molar-refractivity contribution < 1.29 is 4.39 Å². The molecule has 0 bridgehead atoms. The summed E-state index contributed by atoms with van der Waals surface area (Å²) in [6, 6.07) is 3.33. The Morgan fingerprint density at radius 3 is 2.52 bits per heavy atom. The molecule has 2 heterocycles. The number of halogens is 1. The monoisotopic (exact) mass is 294 g/mol. The van der Waals surface area contributed by atoms with Crippen LogP contribution in [0.25, 0.3) is 0 Å². The lowest BCUT2D eigenvalue weighted by Crippen LogP contribution is -2.57. The summed E-state index contributed by atoms with van der Waals surface area (Å²) >= 11 is 0. The van der Waals surface area contributed by atoms with Gasteiger partial charge in [-0.1, -0.05) is 0 Å². The molecule has 118 valence electrons. The Bertz CT molecular complexity index is 438. The summed E-state index contributed by atoms with van der Waals surface area (Å²) in [5.74, 6) is -0.288. The summed E-state index contributed by atoms with van der Waals surface area (Å²) in [6.07, 6.45) is 1.28. The predicted molar refractivity (Wildman–Crippen MR) is 83.8 cm³/mol. The fourth-order valence-corrected chi connectivity index (χ4v) is 2.67. The molecule has 1 saturated heterocycles. The fourth-order valence-electron chi connectivity index (χ4n) is 2.67. The van der Waals surface area contributed by atoms with Gasteiger partial charge in [0.2, 0.25) is 0 Å². The minimum Gasteiger partial charge on any atom is -0.307 e. The van der Waals surface area contributed by atoms with Crippen LogP contribution in [0.4, 0.5) is 4.39 Å². The molecule has 21 heavy (non-hydrogen) atoms. The van der Waals surface area contributed by atoms with E-state index in [-0.39, 0.29) is 17.4 Å².